The monoisotopic (exact) mass is 298 g/mol. The SMILES string of the molecule is Cc1ncc(Cn2ccc(-c3ccc(C)c(Cl)c3)n2)cn1. The molecule has 0 spiro atoms. The molecule has 2 heterocycles. The lowest BCUT2D eigenvalue weighted by Gasteiger charge is -2.03. The van der Waals surface area contributed by atoms with Crippen LogP contribution in [-0.2, 0) is 6.54 Å². The van der Waals surface area contributed by atoms with Crippen LogP contribution in [0.25, 0.3) is 11.3 Å². The van der Waals surface area contributed by atoms with Gasteiger partial charge in [0.2, 0.25) is 0 Å². The van der Waals surface area contributed by atoms with Crippen LogP contribution in [0.1, 0.15) is 17.0 Å². The Labute approximate surface area is 128 Å². The molecular formula is C16H15ClN4. The fourth-order valence-corrected chi connectivity index (χ4v) is 2.22. The number of halogens is 1. The largest absolute Gasteiger partial charge is 0.268 e. The molecule has 0 aliphatic rings. The summed E-state index contributed by atoms with van der Waals surface area (Å²) < 4.78 is 1.87. The summed E-state index contributed by atoms with van der Waals surface area (Å²) in [4.78, 5) is 8.38. The van der Waals surface area contributed by atoms with E-state index in [1.54, 1.807) is 0 Å². The van der Waals surface area contributed by atoms with E-state index in [9.17, 15) is 0 Å². The zero-order valence-electron chi connectivity index (χ0n) is 11.9. The van der Waals surface area contributed by atoms with Gasteiger partial charge in [0.05, 0.1) is 12.2 Å². The second-order valence-electron chi connectivity index (χ2n) is 5.00. The van der Waals surface area contributed by atoms with Crippen molar-refractivity contribution in [2.45, 2.75) is 20.4 Å². The topological polar surface area (TPSA) is 43.6 Å². The summed E-state index contributed by atoms with van der Waals surface area (Å²) in [7, 11) is 0. The van der Waals surface area contributed by atoms with Gasteiger partial charge in [-0.3, -0.25) is 4.68 Å². The van der Waals surface area contributed by atoms with Crippen LogP contribution < -0.4 is 0 Å². The van der Waals surface area contributed by atoms with Crippen molar-refractivity contribution in [2.24, 2.45) is 0 Å². The molecule has 0 atom stereocenters. The third-order valence-corrected chi connectivity index (χ3v) is 3.69. The van der Waals surface area contributed by atoms with Crippen molar-refractivity contribution in [1.82, 2.24) is 19.7 Å². The number of aryl methyl sites for hydroxylation is 2. The van der Waals surface area contributed by atoms with E-state index in [4.69, 9.17) is 11.6 Å². The van der Waals surface area contributed by atoms with Gasteiger partial charge in [0, 0.05) is 34.7 Å². The van der Waals surface area contributed by atoms with E-state index in [-0.39, 0.29) is 0 Å². The van der Waals surface area contributed by atoms with Crippen LogP contribution >= 0.6 is 11.6 Å². The summed E-state index contributed by atoms with van der Waals surface area (Å²) in [5.41, 5.74) is 4.02. The molecule has 3 aromatic rings. The first-order valence-corrected chi connectivity index (χ1v) is 7.07. The van der Waals surface area contributed by atoms with Gasteiger partial charge in [0.15, 0.2) is 0 Å². The highest BCUT2D eigenvalue weighted by molar-refractivity contribution is 6.31. The highest BCUT2D eigenvalue weighted by atomic mass is 35.5. The molecule has 0 N–H and O–H groups in total. The molecular weight excluding hydrogens is 284 g/mol. The number of hydrogen-bond acceptors (Lipinski definition) is 3. The van der Waals surface area contributed by atoms with Gasteiger partial charge in [-0.1, -0.05) is 23.7 Å². The maximum atomic E-state index is 6.16. The Bertz CT molecular complexity index is 762. The Morgan fingerprint density at radius 3 is 2.57 bits per heavy atom. The average Bonchev–Trinajstić information content (AvgIpc) is 2.93. The van der Waals surface area contributed by atoms with Crippen LogP contribution in [0.15, 0.2) is 42.9 Å². The molecule has 0 saturated heterocycles. The fourth-order valence-electron chi connectivity index (χ4n) is 2.04. The minimum absolute atomic E-state index is 0.653. The van der Waals surface area contributed by atoms with Crippen molar-refractivity contribution in [3.8, 4) is 11.3 Å². The molecule has 0 radical (unpaired) electrons. The molecule has 0 fully saturated rings. The number of hydrogen-bond donors (Lipinski definition) is 0. The molecule has 4 nitrogen and oxygen atoms in total. The third-order valence-electron chi connectivity index (χ3n) is 3.29. The van der Waals surface area contributed by atoms with Crippen LogP contribution in [0.4, 0.5) is 0 Å². The standard InChI is InChI=1S/C16H15ClN4/c1-11-3-4-14(7-15(11)17)16-5-6-21(20-16)10-13-8-18-12(2)19-9-13/h3-9H,10H2,1-2H3. The zero-order chi connectivity index (χ0) is 14.8. The van der Waals surface area contributed by atoms with E-state index < -0.39 is 0 Å². The van der Waals surface area contributed by atoms with Crippen LogP contribution in [0.3, 0.4) is 0 Å². The summed E-state index contributed by atoms with van der Waals surface area (Å²) >= 11 is 6.16. The van der Waals surface area contributed by atoms with Crippen molar-refractivity contribution in [1.29, 1.82) is 0 Å². The lowest BCUT2D eigenvalue weighted by atomic mass is 10.1. The van der Waals surface area contributed by atoms with Gasteiger partial charge in [0.25, 0.3) is 0 Å². The highest BCUT2D eigenvalue weighted by Gasteiger charge is 2.05. The Hall–Kier alpha value is -2.20. The van der Waals surface area contributed by atoms with Gasteiger partial charge in [0.1, 0.15) is 5.82 Å². The number of aromatic nitrogens is 4. The van der Waals surface area contributed by atoms with Gasteiger partial charge in [-0.25, -0.2) is 9.97 Å². The molecule has 0 aliphatic heterocycles. The van der Waals surface area contributed by atoms with E-state index in [2.05, 4.69) is 15.1 Å². The van der Waals surface area contributed by atoms with Crippen molar-refractivity contribution < 1.29 is 0 Å². The lowest BCUT2D eigenvalue weighted by molar-refractivity contribution is 0.683. The molecule has 0 bridgehead atoms. The summed E-state index contributed by atoms with van der Waals surface area (Å²) in [6.07, 6.45) is 5.60. The predicted octanol–water partition coefficient (Wildman–Crippen LogP) is 3.66. The minimum Gasteiger partial charge on any atom is -0.268 e. The number of rotatable bonds is 3. The third kappa shape index (κ3) is 3.11. The smallest absolute Gasteiger partial charge is 0.125 e. The quantitative estimate of drug-likeness (QED) is 0.741. The van der Waals surface area contributed by atoms with Crippen LogP contribution in [0.2, 0.25) is 5.02 Å². The average molecular weight is 299 g/mol. The molecule has 0 aliphatic carbocycles. The van der Waals surface area contributed by atoms with E-state index in [0.29, 0.717) is 6.54 Å². The van der Waals surface area contributed by atoms with Gasteiger partial charge in [-0.15, -0.1) is 0 Å². The Balaban J connectivity index is 1.82. The van der Waals surface area contributed by atoms with E-state index in [0.717, 1.165) is 33.2 Å². The van der Waals surface area contributed by atoms with Crippen molar-refractivity contribution in [2.75, 3.05) is 0 Å². The molecule has 2 aromatic heterocycles. The van der Waals surface area contributed by atoms with Crippen molar-refractivity contribution >= 4 is 11.6 Å². The van der Waals surface area contributed by atoms with Gasteiger partial charge in [-0.2, -0.15) is 5.10 Å². The van der Waals surface area contributed by atoms with Crippen molar-refractivity contribution in [3.05, 3.63) is 64.8 Å². The molecule has 0 unspecified atom stereocenters. The Morgan fingerprint density at radius 2 is 1.86 bits per heavy atom. The maximum absolute atomic E-state index is 6.16. The zero-order valence-corrected chi connectivity index (χ0v) is 12.7. The van der Waals surface area contributed by atoms with Crippen molar-refractivity contribution in [3.63, 3.8) is 0 Å². The molecule has 0 amide bonds. The lowest BCUT2D eigenvalue weighted by Crippen LogP contribution is -2.02. The normalized spacial score (nSPS) is 10.8. The summed E-state index contributed by atoms with van der Waals surface area (Å²) in [5.74, 6) is 0.772. The second kappa shape index (κ2) is 5.66. The number of nitrogens with zero attached hydrogens (tertiary/aromatic N) is 4. The first kappa shape index (κ1) is 13.8. The van der Waals surface area contributed by atoms with E-state index >= 15 is 0 Å². The van der Waals surface area contributed by atoms with Crippen LogP contribution in [0.5, 0.6) is 0 Å². The molecule has 21 heavy (non-hydrogen) atoms. The Kier molecular flexibility index (Phi) is 3.71. The maximum Gasteiger partial charge on any atom is 0.125 e. The summed E-state index contributed by atoms with van der Waals surface area (Å²) in [5, 5.41) is 5.33. The second-order valence-corrected chi connectivity index (χ2v) is 5.41. The fraction of sp³-hybridized carbons (Fsp3) is 0.188. The van der Waals surface area contributed by atoms with Crippen LogP contribution in [-0.4, -0.2) is 19.7 Å². The minimum atomic E-state index is 0.653. The first-order chi connectivity index (χ1) is 10.1. The van der Waals surface area contributed by atoms with E-state index in [1.807, 2.05) is 61.4 Å². The van der Waals surface area contributed by atoms with Gasteiger partial charge in [-0.05, 0) is 31.5 Å². The number of benzene rings is 1. The van der Waals surface area contributed by atoms with Gasteiger partial charge >= 0.3 is 0 Å². The first-order valence-electron chi connectivity index (χ1n) is 6.69. The summed E-state index contributed by atoms with van der Waals surface area (Å²) in [6.45, 7) is 4.51. The summed E-state index contributed by atoms with van der Waals surface area (Å²) in [6, 6.07) is 7.96. The molecule has 106 valence electrons. The predicted molar refractivity (Wildman–Crippen MR) is 83.3 cm³/mol. The molecule has 1 aromatic carbocycles. The molecule has 3 rings (SSSR count). The highest BCUT2D eigenvalue weighted by Crippen LogP contribution is 2.24. The van der Waals surface area contributed by atoms with E-state index in [1.165, 1.54) is 0 Å². The van der Waals surface area contributed by atoms with Crippen LogP contribution in [0, 0.1) is 13.8 Å². The molecule has 0 saturated carbocycles. The molecule has 5 heteroatoms. The van der Waals surface area contributed by atoms with Gasteiger partial charge < -0.3 is 0 Å². The Morgan fingerprint density at radius 1 is 1.10 bits per heavy atom.